The number of hydrogen-bond acceptors (Lipinski definition) is 4. The molecule has 4 nitrogen and oxygen atoms in total. The Bertz CT molecular complexity index is 380. The van der Waals surface area contributed by atoms with Gasteiger partial charge >= 0.3 is 5.97 Å². The SMILES string of the molecule is CCO[C@]1(C)OC(=O)C2=C1OCC(C)=CC2. The average Bonchev–Trinajstić information content (AvgIpc) is 2.38. The molecule has 0 aromatic carbocycles. The molecule has 0 amide bonds. The van der Waals surface area contributed by atoms with E-state index in [0.717, 1.165) is 5.57 Å². The van der Waals surface area contributed by atoms with Crippen LogP contribution in [0.15, 0.2) is 23.0 Å². The van der Waals surface area contributed by atoms with Gasteiger partial charge in [0.25, 0.3) is 5.79 Å². The van der Waals surface area contributed by atoms with Crippen molar-refractivity contribution < 1.29 is 19.0 Å². The van der Waals surface area contributed by atoms with E-state index in [1.165, 1.54) is 0 Å². The fourth-order valence-electron chi connectivity index (χ4n) is 1.94. The van der Waals surface area contributed by atoms with Crippen molar-refractivity contribution in [2.24, 2.45) is 0 Å². The molecule has 0 N–H and O–H groups in total. The van der Waals surface area contributed by atoms with Gasteiger partial charge in [-0.05, 0) is 19.4 Å². The zero-order valence-corrected chi connectivity index (χ0v) is 9.83. The van der Waals surface area contributed by atoms with E-state index in [-0.39, 0.29) is 5.97 Å². The second-order valence-electron chi connectivity index (χ2n) is 4.12. The first-order valence-corrected chi connectivity index (χ1v) is 5.46. The van der Waals surface area contributed by atoms with Crippen LogP contribution in [0.2, 0.25) is 0 Å². The van der Waals surface area contributed by atoms with E-state index in [4.69, 9.17) is 14.2 Å². The predicted molar refractivity (Wildman–Crippen MR) is 57.5 cm³/mol. The third-order valence-corrected chi connectivity index (χ3v) is 2.74. The zero-order valence-electron chi connectivity index (χ0n) is 9.83. The molecule has 88 valence electrons. The van der Waals surface area contributed by atoms with Crippen LogP contribution in [-0.2, 0) is 19.0 Å². The second kappa shape index (κ2) is 3.94. The molecule has 16 heavy (non-hydrogen) atoms. The van der Waals surface area contributed by atoms with Crippen LogP contribution in [0.4, 0.5) is 0 Å². The molecule has 2 rings (SSSR count). The van der Waals surface area contributed by atoms with E-state index in [2.05, 4.69) is 0 Å². The third-order valence-electron chi connectivity index (χ3n) is 2.74. The van der Waals surface area contributed by atoms with Gasteiger partial charge in [0.2, 0.25) is 0 Å². The minimum Gasteiger partial charge on any atom is -0.486 e. The van der Waals surface area contributed by atoms with Gasteiger partial charge in [-0.1, -0.05) is 6.08 Å². The molecule has 0 aromatic rings. The summed E-state index contributed by atoms with van der Waals surface area (Å²) in [5, 5.41) is 0. The lowest BCUT2D eigenvalue weighted by molar-refractivity contribution is -0.204. The highest BCUT2D eigenvalue weighted by atomic mass is 16.7. The number of rotatable bonds is 2. The lowest BCUT2D eigenvalue weighted by atomic mass is 10.1. The maximum atomic E-state index is 11.7. The number of hydrogen-bond donors (Lipinski definition) is 0. The highest BCUT2D eigenvalue weighted by molar-refractivity contribution is 5.92. The Kier molecular flexibility index (Phi) is 2.76. The number of esters is 1. The average molecular weight is 224 g/mol. The lowest BCUT2D eigenvalue weighted by Crippen LogP contribution is -2.33. The van der Waals surface area contributed by atoms with Crippen molar-refractivity contribution in [3.63, 3.8) is 0 Å². The minimum absolute atomic E-state index is 0.336. The Morgan fingerprint density at radius 3 is 3.00 bits per heavy atom. The first-order valence-electron chi connectivity index (χ1n) is 5.46. The van der Waals surface area contributed by atoms with Crippen LogP contribution >= 0.6 is 0 Å². The molecule has 0 fully saturated rings. The van der Waals surface area contributed by atoms with Gasteiger partial charge in [-0.2, -0.15) is 0 Å². The summed E-state index contributed by atoms with van der Waals surface area (Å²) in [5.41, 5.74) is 1.69. The van der Waals surface area contributed by atoms with E-state index in [1.54, 1.807) is 6.92 Å². The van der Waals surface area contributed by atoms with Crippen LogP contribution in [0.5, 0.6) is 0 Å². The largest absolute Gasteiger partial charge is 0.486 e. The number of carbonyl (C=O) groups is 1. The molecule has 0 unspecified atom stereocenters. The van der Waals surface area contributed by atoms with Gasteiger partial charge in [0.15, 0.2) is 5.76 Å². The molecule has 0 aliphatic carbocycles. The molecule has 0 bridgehead atoms. The van der Waals surface area contributed by atoms with Crippen molar-refractivity contribution in [3.8, 4) is 0 Å². The summed E-state index contributed by atoms with van der Waals surface area (Å²) in [6.07, 6.45) is 2.55. The molecular weight excluding hydrogens is 208 g/mol. The van der Waals surface area contributed by atoms with Crippen LogP contribution in [0.1, 0.15) is 27.2 Å². The molecule has 0 spiro atoms. The number of carbonyl (C=O) groups excluding carboxylic acids is 1. The minimum atomic E-state index is -1.04. The normalized spacial score (nSPS) is 29.2. The number of cyclic esters (lactones) is 1. The summed E-state index contributed by atoms with van der Waals surface area (Å²) in [7, 11) is 0. The van der Waals surface area contributed by atoms with Crippen LogP contribution in [0.25, 0.3) is 0 Å². The van der Waals surface area contributed by atoms with Gasteiger partial charge in [-0.25, -0.2) is 4.79 Å². The molecule has 2 aliphatic rings. The van der Waals surface area contributed by atoms with Crippen molar-refractivity contribution in [3.05, 3.63) is 23.0 Å². The summed E-state index contributed by atoms with van der Waals surface area (Å²) in [5.74, 6) is -0.844. The molecule has 2 aliphatic heterocycles. The van der Waals surface area contributed by atoms with E-state index >= 15 is 0 Å². The fourth-order valence-corrected chi connectivity index (χ4v) is 1.94. The first-order chi connectivity index (χ1) is 7.57. The molecular formula is C12H16O4. The maximum Gasteiger partial charge on any atom is 0.340 e. The second-order valence-corrected chi connectivity index (χ2v) is 4.12. The Morgan fingerprint density at radius 1 is 1.56 bits per heavy atom. The van der Waals surface area contributed by atoms with Crippen molar-refractivity contribution >= 4 is 5.97 Å². The van der Waals surface area contributed by atoms with E-state index in [1.807, 2.05) is 19.9 Å². The first kappa shape index (κ1) is 11.2. The van der Waals surface area contributed by atoms with Crippen molar-refractivity contribution in [1.82, 2.24) is 0 Å². The van der Waals surface area contributed by atoms with Gasteiger partial charge in [0, 0.05) is 20.0 Å². The Hall–Kier alpha value is -1.29. The molecule has 0 saturated heterocycles. The molecule has 0 aromatic heterocycles. The van der Waals surface area contributed by atoms with Crippen LogP contribution < -0.4 is 0 Å². The summed E-state index contributed by atoms with van der Waals surface area (Å²) < 4.78 is 16.3. The topological polar surface area (TPSA) is 44.8 Å². The lowest BCUT2D eigenvalue weighted by Gasteiger charge is -2.25. The quantitative estimate of drug-likeness (QED) is 0.531. The Balaban J connectivity index is 2.32. The summed E-state index contributed by atoms with van der Waals surface area (Å²) in [6, 6.07) is 0. The molecule has 0 radical (unpaired) electrons. The van der Waals surface area contributed by atoms with Gasteiger partial charge in [-0.3, -0.25) is 0 Å². The highest BCUT2D eigenvalue weighted by Crippen LogP contribution is 2.37. The van der Waals surface area contributed by atoms with Gasteiger partial charge in [-0.15, -0.1) is 0 Å². The van der Waals surface area contributed by atoms with Gasteiger partial charge in [0.05, 0.1) is 5.57 Å². The predicted octanol–water partition coefficient (Wildman–Crippen LogP) is 1.92. The van der Waals surface area contributed by atoms with Gasteiger partial charge < -0.3 is 14.2 Å². The van der Waals surface area contributed by atoms with E-state index in [0.29, 0.717) is 31.0 Å². The molecule has 0 saturated carbocycles. The Morgan fingerprint density at radius 2 is 2.31 bits per heavy atom. The number of ether oxygens (including phenoxy) is 3. The van der Waals surface area contributed by atoms with Gasteiger partial charge in [0.1, 0.15) is 6.61 Å². The maximum absolute atomic E-state index is 11.7. The molecule has 2 heterocycles. The van der Waals surface area contributed by atoms with E-state index < -0.39 is 5.79 Å². The zero-order chi connectivity index (χ0) is 11.8. The third kappa shape index (κ3) is 1.73. The van der Waals surface area contributed by atoms with E-state index in [9.17, 15) is 4.79 Å². The van der Waals surface area contributed by atoms with Crippen molar-refractivity contribution in [2.75, 3.05) is 13.2 Å². The molecule has 4 heteroatoms. The highest BCUT2D eigenvalue weighted by Gasteiger charge is 2.47. The Labute approximate surface area is 94.9 Å². The van der Waals surface area contributed by atoms with Crippen LogP contribution in [0, 0.1) is 0 Å². The molecule has 1 atom stereocenters. The monoisotopic (exact) mass is 224 g/mol. The summed E-state index contributed by atoms with van der Waals surface area (Å²) in [6.45, 7) is 6.51. The summed E-state index contributed by atoms with van der Waals surface area (Å²) >= 11 is 0. The van der Waals surface area contributed by atoms with Crippen molar-refractivity contribution in [1.29, 1.82) is 0 Å². The summed E-state index contributed by atoms with van der Waals surface area (Å²) in [4.78, 5) is 11.7. The number of allylic oxidation sites excluding steroid dienone is 1. The standard InChI is InChI=1S/C12H16O4/c1-4-15-12(3)10-9(11(13)16-12)6-5-8(2)7-14-10/h5H,4,6-7H2,1-3H3/t12-/m1/s1. The fraction of sp³-hybridized carbons (Fsp3) is 0.583. The smallest absolute Gasteiger partial charge is 0.340 e. The van der Waals surface area contributed by atoms with Crippen LogP contribution in [-0.4, -0.2) is 25.0 Å². The van der Waals surface area contributed by atoms with Crippen LogP contribution in [0.3, 0.4) is 0 Å². The van der Waals surface area contributed by atoms with Crippen molar-refractivity contribution in [2.45, 2.75) is 33.0 Å².